The van der Waals surface area contributed by atoms with E-state index < -0.39 is 0 Å². The Morgan fingerprint density at radius 3 is 2.79 bits per heavy atom. The molecule has 8 heteroatoms. The van der Waals surface area contributed by atoms with Crippen LogP contribution in [0.2, 0.25) is 0 Å². The second-order valence-corrected chi connectivity index (χ2v) is 7.31. The fraction of sp³-hybridized carbons (Fsp3) is 0.375. The zero-order valence-electron chi connectivity index (χ0n) is 13.8. The third-order valence-electron chi connectivity index (χ3n) is 3.84. The third-order valence-corrected chi connectivity index (χ3v) is 5.94. The highest BCUT2D eigenvalue weighted by Gasteiger charge is 2.17. The van der Waals surface area contributed by atoms with Crippen molar-refractivity contribution in [3.63, 3.8) is 0 Å². The molecular formula is C16H19N5OS2. The second kappa shape index (κ2) is 7.23. The molecule has 0 atom stereocenters. The average Bonchev–Trinajstić information content (AvgIpc) is 3.29. The number of aryl methyl sites for hydroxylation is 1. The average molecular weight is 361 g/mol. The lowest BCUT2D eigenvalue weighted by Crippen LogP contribution is -2.17. The summed E-state index contributed by atoms with van der Waals surface area (Å²) in [5.74, 6) is 0.511. The molecule has 0 spiro atoms. The summed E-state index contributed by atoms with van der Waals surface area (Å²) in [4.78, 5) is 26.2. The van der Waals surface area contributed by atoms with Crippen molar-refractivity contribution in [1.82, 2.24) is 19.5 Å². The monoisotopic (exact) mass is 361 g/mol. The van der Waals surface area contributed by atoms with Crippen molar-refractivity contribution in [2.45, 2.75) is 39.5 Å². The predicted octanol–water partition coefficient (Wildman–Crippen LogP) is 4.76. The van der Waals surface area contributed by atoms with Crippen LogP contribution in [0.15, 0.2) is 24.1 Å². The number of thiazole rings is 2. The van der Waals surface area contributed by atoms with Crippen LogP contribution >= 0.6 is 22.7 Å². The van der Waals surface area contributed by atoms with Gasteiger partial charge >= 0.3 is 6.03 Å². The van der Waals surface area contributed by atoms with Crippen LogP contribution in [-0.4, -0.2) is 25.6 Å². The summed E-state index contributed by atoms with van der Waals surface area (Å²) in [5, 5.41) is 6.61. The van der Waals surface area contributed by atoms with Crippen molar-refractivity contribution in [2.75, 3.05) is 5.32 Å². The molecular weight excluding hydrogens is 342 g/mol. The molecule has 126 valence electrons. The van der Waals surface area contributed by atoms with E-state index in [1.807, 2.05) is 6.92 Å². The zero-order chi connectivity index (χ0) is 17.1. The number of nitrogens with one attached hydrogen (secondary N) is 1. The maximum Gasteiger partial charge on any atom is 0.333 e. The normalized spacial score (nSPS) is 11.2. The van der Waals surface area contributed by atoms with Crippen LogP contribution in [0.3, 0.4) is 0 Å². The molecule has 1 amide bonds. The lowest BCUT2D eigenvalue weighted by Gasteiger charge is -2.06. The maximum atomic E-state index is 12.1. The van der Waals surface area contributed by atoms with Gasteiger partial charge in [0.2, 0.25) is 0 Å². The van der Waals surface area contributed by atoms with Crippen LogP contribution in [0.5, 0.6) is 0 Å². The molecule has 0 aliphatic rings. The fourth-order valence-electron chi connectivity index (χ4n) is 2.44. The molecule has 0 bridgehead atoms. The highest BCUT2D eigenvalue weighted by atomic mass is 32.1. The topological polar surface area (TPSA) is 72.7 Å². The minimum Gasteiger partial charge on any atom is -0.283 e. The van der Waals surface area contributed by atoms with Crippen LogP contribution in [0.4, 0.5) is 9.93 Å². The SMILES string of the molecule is CCC(CC)c1nc(-c2sc(NC(=O)n3ccnc3)nc2C)cs1. The van der Waals surface area contributed by atoms with E-state index in [4.69, 9.17) is 4.98 Å². The van der Waals surface area contributed by atoms with Gasteiger partial charge in [0, 0.05) is 23.7 Å². The molecule has 1 N–H and O–H groups in total. The van der Waals surface area contributed by atoms with E-state index in [0.29, 0.717) is 11.0 Å². The van der Waals surface area contributed by atoms with E-state index in [1.54, 1.807) is 23.7 Å². The van der Waals surface area contributed by atoms with Crippen molar-refractivity contribution < 1.29 is 4.79 Å². The largest absolute Gasteiger partial charge is 0.333 e. The molecule has 0 saturated carbocycles. The summed E-state index contributed by atoms with van der Waals surface area (Å²) in [6.45, 7) is 6.32. The first-order chi connectivity index (χ1) is 11.6. The third kappa shape index (κ3) is 3.39. The minimum atomic E-state index is -0.274. The van der Waals surface area contributed by atoms with Crippen LogP contribution in [0, 0.1) is 6.92 Å². The first-order valence-electron chi connectivity index (χ1n) is 7.84. The van der Waals surface area contributed by atoms with Crippen molar-refractivity contribution >= 4 is 33.8 Å². The Hall–Kier alpha value is -2.06. The van der Waals surface area contributed by atoms with Gasteiger partial charge in [-0.15, -0.1) is 11.3 Å². The molecule has 3 aromatic heterocycles. The van der Waals surface area contributed by atoms with Gasteiger partial charge in [0.15, 0.2) is 5.13 Å². The smallest absolute Gasteiger partial charge is 0.283 e. The quantitative estimate of drug-likeness (QED) is 0.711. The summed E-state index contributed by atoms with van der Waals surface area (Å²) < 4.78 is 1.38. The van der Waals surface area contributed by atoms with Crippen molar-refractivity contribution in [3.8, 4) is 10.6 Å². The molecule has 3 heterocycles. The van der Waals surface area contributed by atoms with Crippen LogP contribution in [-0.2, 0) is 0 Å². The number of amides is 1. The van der Waals surface area contributed by atoms with E-state index in [0.717, 1.165) is 29.1 Å². The Balaban J connectivity index is 1.80. The van der Waals surface area contributed by atoms with E-state index in [9.17, 15) is 4.79 Å². The zero-order valence-corrected chi connectivity index (χ0v) is 15.4. The summed E-state index contributed by atoms with van der Waals surface area (Å²) in [6, 6.07) is -0.274. The Morgan fingerprint density at radius 2 is 2.12 bits per heavy atom. The lowest BCUT2D eigenvalue weighted by atomic mass is 10.1. The van der Waals surface area contributed by atoms with Crippen molar-refractivity contribution in [2.24, 2.45) is 0 Å². The highest BCUT2D eigenvalue weighted by Crippen LogP contribution is 2.36. The van der Waals surface area contributed by atoms with Crippen molar-refractivity contribution in [1.29, 1.82) is 0 Å². The minimum absolute atomic E-state index is 0.274. The number of carbonyl (C=O) groups excluding carboxylic acids is 1. The summed E-state index contributed by atoms with van der Waals surface area (Å²) in [5.41, 5.74) is 1.82. The van der Waals surface area contributed by atoms with Gasteiger partial charge in [-0.3, -0.25) is 9.88 Å². The number of nitrogens with zero attached hydrogens (tertiary/aromatic N) is 4. The van der Waals surface area contributed by atoms with Gasteiger partial charge in [0.1, 0.15) is 6.33 Å². The van der Waals surface area contributed by atoms with Gasteiger partial charge in [-0.1, -0.05) is 25.2 Å². The van der Waals surface area contributed by atoms with Crippen molar-refractivity contribution in [3.05, 3.63) is 34.8 Å². The summed E-state index contributed by atoms with van der Waals surface area (Å²) in [7, 11) is 0. The molecule has 0 aromatic carbocycles. The molecule has 0 aliphatic heterocycles. The molecule has 0 saturated heterocycles. The number of aromatic nitrogens is 4. The molecule has 0 radical (unpaired) electrons. The molecule has 24 heavy (non-hydrogen) atoms. The number of rotatable bonds is 5. The Morgan fingerprint density at radius 1 is 1.33 bits per heavy atom. The molecule has 0 unspecified atom stereocenters. The Labute approximate surface area is 148 Å². The molecule has 6 nitrogen and oxygen atoms in total. The van der Waals surface area contributed by atoms with Crippen LogP contribution < -0.4 is 5.32 Å². The van der Waals surface area contributed by atoms with E-state index in [1.165, 1.54) is 27.2 Å². The standard InChI is InChI=1S/C16H19N5OS2/c1-4-11(5-2)14-19-12(8-23-14)13-10(3)18-15(24-13)20-16(22)21-7-6-17-9-21/h6-9,11H,4-5H2,1-3H3,(H,18,20,22). The van der Waals surface area contributed by atoms with Gasteiger partial charge in [-0.25, -0.2) is 19.7 Å². The Kier molecular flexibility index (Phi) is 5.06. The first kappa shape index (κ1) is 16.8. The summed E-state index contributed by atoms with van der Waals surface area (Å²) >= 11 is 3.15. The number of hydrogen-bond donors (Lipinski definition) is 1. The Bertz CT molecular complexity index is 818. The maximum absolute atomic E-state index is 12.1. The summed E-state index contributed by atoms with van der Waals surface area (Å²) in [6.07, 6.45) is 6.81. The number of hydrogen-bond acceptors (Lipinski definition) is 6. The lowest BCUT2D eigenvalue weighted by molar-refractivity contribution is 0.253. The van der Waals surface area contributed by atoms with Gasteiger partial charge < -0.3 is 0 Å². The first-order valence-corrected chi connectivity index (χ1v) is 9.54. The molecule has 0 fully saturated rings. The molecule has 3 aromatic rings. The predicted molar refractivity (Wildman–Crippen MR) is 97.9 cm³/mol. The number of carbonyl (C=O) groups is 1. The van der Waals surface area contributed by atoms with Gasteiger partial charge in [0.05, 0.1) is 21.3 Å². The highest BCUT2D eigenvalue weighted by molar-refractivity contribution is 7.19. The van der Waals surface area contributed by atoms with E-state index in [2.05, 4.69) is 34.5 Å². The van der Waals surface area contributed by atoms with Crippen LogP contribution in [0.25, 0.3) is 10.6 Å². The number of imidazole rings is 1. The van der Waals surface area contributed by atoms with Gasteiger partial charge in [-0.05, 0) is 19.8 Å². The number of anilines is 1. The van der Waals surface area contributed by atoms with Gasteiger partial charge in [0.25, 0.3) is 0 Å². The second-order valence-electron chi connectivity index (χ2n) is 5.42. The van der Waals surface area contributed by atoms with E-state index in [-0.39, 0.29) is 6.03 Å². The molecule has 0 aliphatic carbocycles. The van der Waals surface area contributed by atoms with E-state index >= 15 is 0 Å². The fourth-order valence-corrected chi connectivity index (χ4v) is 4.51. The van der Waals surface area contributed by atoms with Gasteiger partial charge in [-0.2, -0.15) is 0 Å². The molecule has 3 rings (SSSR count). The van der Waals surface area contributed by atoms with Crippen LogP contribution in [0.1, 0.15) is 43.3 Å².